The highest BCUT2D eigenvalue weighted by Crippen LogP contribution is 2.16. The Bertz CT molecular complexity index is 321. The topological polar surface area (TPSA) is 81.9 Å². The summed E-state index contributed by atoms with van der Waals surface area (Å²) in [5.74, 6) is 0.417. The van der Waals surface area contributed by atoms with Crippen molar-refractivity contribution in [3.63, 3.8) is 0 Å². The van der Waals surface area contributed by atoms with Crippen molar-refractivity contribution in [2.24, 2.45) is 5.73 Å². The van der Waals surface area contributed by atoms with E-state index in [0.717, 1.165) is 0 Å². The molecule has 1 amide bonds. The first-order valence-electron chi connectivity index (χ1n) is 6.96. The van der Waals surface area contributed by atoms with Crippen molar-refractivity contribution in [3.8, 4) is 0 Å². The molecule has 6 nitrogen and oxygen atoms in total. The average molecular weight is 304 g/mol. The zero-order chi connectivity index (χ0) is 15.0. The molecule has 0 aromatic carbocycles. The minimum absolute atomic E-state index is 0.123. The van der Waals surface area contributed by atoms with Gasteiger partial charge in [0.1, 0.15) is 6.04 Å². The highest BCUT2D eigenvalue weighted by atomic mass is 32.2. The monoisotopic (exact) mass is 304 g/mol. The van der Waals surface area contributed by atoms with Crippen LogP contribution in [-0.2, 0) is 19.1 Å². The van der Waals surface area contributed by atoms with E-state index >= 15 is 0 Å². The smallest absolute Gasteiger partial charge is 0.322 e. The maximum absolute atomic E-state index is 12.1. The molecule has 7 heteroatoms. The molecule has 1 rings (SSSR count). The molecule has 0 bridgehead atoms. The number of hydrogen-bond donors (Lipinski definition) is 1. The molecular formula is C13H24N2O4S. The number of ether oxygens (including phenoxy) is 2. The molecule has 0 aromatic rings. The molecule has 1 fully saturated rings. The van der Waals surface area contributed by atoms with Gasteiger partial charge in [-0.3, -0.25) is 9.59 Å². The van der Waals surface area contributed by atoms with Crippen LogP contribution in [0.15, 0.2) is 0 Å². The number of thioether (sulfide) groups is 1. The standard InChI is InChI=1S/C13H24N2O4S/c1-3-19-13(17)11(14)4-9-20-10(2)12(16)15-5-7-18-8-6-15/h10-11H,3-9,14H2,1-2H3. The zero-order valence-corrected chi connectivity index (χ0v) is 13.0. The Morgan fingerprint density at radius 2 is 2.05 bits per heavy atom. The first-order valence-corrected chi connectivity index (χ1v) is 8.01. The largest absolute Gasteiger partial charge is 0.465 e. The second-order valence-electron chi connectivity index (χ2n) is 4.60. The molecule has 2 N–H and O–H groups in total. The second-order valence-corrected chi connectivity index (χ2v) is 6.05. The van der Waals surface area contributed by atoms with Crippen molar-refractivity contribution in [2.45, 2.75) is 31.6 Å². The van der Waals surface area contributed by atoms with Crippen LogP contribution < -0.4 is 5.73 Å². The third-order valence-electron chi connectivity index (χ3n) is 3.06. The molecule has 116 valence electrons. The van der Waals surface area contributed by atoms with Crippen LogP contribution in [0.25, 0.3) is 0 Å². The fraction of sp³-hybridized carbons (Fsp3) is 0.846. The fourth-order valence-electron chi connectivity index (χ4n) is 1.85. The maximum atomic E-state index is 12.1. The van der Waals surface area contributed by atoms with Crippen LogP contribution in [0.3, 0.4) is 0 Å². The Morgan fingerprint density at radius 1 is 1.40 bits per heavy atom. The Kier molecular flexibility index (Phi) is 7.94. The van der Waals surface area contributed by atoms with Crippen molar-refractivity contribution < 1.29 is 19.1 Å². The first kappa shape index (κ1) is 17.3. The molecular weight excluding hydrogens is 280 g/mol. The van der Waals surface area contributed by atoms with E-state index < -0.39 is 6.04 Å². The van der Waals surface area contributed by atoms with E-state index in [0.29, 0.717) is 45.1 Å². The Labute approximate surface area is 124 Å². The molecule has 2 unspecified atom stereocenters. The Balaban J connectivity index is 2.23. The molecule has 1 saturated heterocycles. The second kappa shape index (κ2) is 9.20. The van der Waals surface area contributed by atoms with E-state index in [-0.39, 0.29) is 17.1 Å². The number of esters is 1. The van der Waals surface area contributed by atoms with E-state index in [1.54, 1.807) is 6.92 Å². The molecule has 0 radical (unpaired) electrons. The molecule has 0 aliphatic carbocycles. The van der Waals surface area contributed by atoms with Crippen molar-refractivity contribution in [2.75, 3.05) is 38.7 Å². The number of nitrogens with two attached hydrogens (primary N) is 1. The van der Waals surface area contributed by atoms with Crippen LogP contribution in [0.1, 0.15) is 20.3 Å². The third-order valence-corrected chi connectivity index (χ3v) is 4.23. The predicted molar refractivity (Wildman–Crippen MR) is 78.5 cm³/mol. The van der Waals surface area contributed by atoms with Gasteiger partial charge < -0.3 is 20.1 Å². The molecule has 2 atom stereocenters. The molecule has 20 heavy (non-hydrogen) atoms. The Morgan fingerprint density at radius 3 is 2.65 bits per heavy atom. The molecule has 1 aliphatic heterocycles. The molecule has 0 aromatic heterocycles. The van der Waals surface area contributed by atoms with E-state index in [1.165, 1.54) is 11.8 Å². The lowest BCUT2D eigenvalue weighted by atomic mass is 10.2. The molecule has 0 saturated carbocycles. The van der Waals surface area contributed by atoms with Crippen LogP contribution in [0.5, 0.6) is 0 Å². The summed E-state index contributed by atoms with van der Waals surface area (Å²) >= 11 is 1.52. The zero-order valence-electron chi connectivity index (χ0n) is 12.2. The van der Waals surface area contributed by atoms with Gasteiger partial charge in [0.25, 0.3) is 0 Å². The summed E-state index contributed by atoms with van der Waals surface area (Å²) in [6.45, 7) is 6.51. The van der Waals surface area contributed by atoms with Gasteiger partial charge in [-0.05, 0) is 26.0 Å². The van der Waals surface area contributed by atoms with Crippen LogP contribution in [0.4, 0.5) is 0 Å². The van der Waals surface area contributed by atoms with Gasteiger partial charge in [-0.1, -0.05) is 0 Å². The summed E-state index contributed by atoms with van der Waals surface area (Å²) in [6.07, 6.45) is 0.518. The van der Waals surface area contributed by atoms with Gasteiger partial charge in [-0.15, -0.1) is 11.8 Å². The van der Waals surface area contributed by atoms with Gasteiger partial charge in [-0.2, -0.15) is 0 Å². The molecule has 0 spiro atoms. The van der Waals surface area contributed by atoms with Gasteiger partial charge in [0, 0.05) is 13.1 Å². The lowest BCUT2D eigenvalue weighted by molar-refractivity contribution is -0.144. The molecule has 1 heterocycles. The fourth-order valence-corrected chi connectivity index (χ4v) is 2.89. The number of rotatable bonds is 7. The van der Waals surface area contributed by atoms with Gasteiger partial charge in [-0.25, -0.2) is 0 Å². The summed E-state index contributed by atoms with van der Waals surface area (Å²) in [5.41, 5.74) is 5.71. The van der Waals surface area contributed by atoms with E-state index in [9.17, 15) is 9.59 Å². The number of morpholine rings is 1. The maximum Gasteiger partial charge on any atom is 0.322 e. The number of nitrogens with zero attached hydrogens (tertiary/aromatic N) is 1. The van der Waals surface area contributed by atoms with Crippen molar-refractivity contribution >= 4 is 23.6 Å². The molecule has 1 aliphatic rings. The van der Waals surface area contributed by atoms with Gasteiger partial charge in [0.15, 0.2) is 0 Å². The highest BCUT2D eigenvalue weighted by molar-refractivity contribution is 8.00. The SMILES string of the molecule is CCOC(=O)C(N)CCSC(C)C(=O)N1CCOCC1. The number of amides is 1. The minimum atomic E-state index is -0.604. The number of carbonyl (C=O) groups excluding carboxylic acids is 2. The Hall–Kier alpha value is -0.790. The van der Waals surface area contributed by atoms with Crippen LogP contribution in [0, 0.1) is 0 Å². The number of hydrogen-bond acceptors (Lipinski definition) is 6. The predicted octanol–water partition coefficient (Wildman–Crippen LogP) is 0.247. The van der Waals surface area contributed by atoms with Crippen molar-refractivity contribution in [3.05, 3.63) is 0 Å². The van der Waals surface area contributed by atoms with Gasteiger partial charge in [0.2, 0.25) is 5.91 Å². The summed E-state index contributed by atoms with van der Waals surface area (Å²) < 4.78 is 10.1. The van der Waals surface area contributed by atoms with E-state index in [1.807, 2.05) is 11.8 Å². The average Bonchev–Trinajstić information content (AvgIpc) is 2.47. The summed E-state index contributed by atoms with van der Waals surface area (Å²) in [7, 11) is 0. The lowest BCUT2D eigenvalue weighted by Crippen LogP contribution is -2.44. The lowest BCUT2D eigenvalue weighted by Gasteiger charge is -2.29. The van der Waals surface area contributed by atoms with Crippen LogP contribution >= 0.6 is 11.8 Å². The van der Waals surface area contributed by atoms with Crippen LogP contribution in [0.2, 0.25) is 0 Å². The minimum Gasteiger partial charge on any atom is -0.465 e. The normalized spacial score (nSPS) is 18.4. The quantitative estimate of drug-likeness (QED) is 0.679. The van der Waals surface area contributed by atoms with Crippen LogP contribution in [-0.4, -0.2) is 66.7 Å². The van der Waals surface area contributed by atoms with Gasteiger partial charge >= 0.3 is 5.97 Å². The first-order chi connectivity index (χ1) is 9.56. The third kappa shape index (κ3) is 5.68. The van der Waals surface area contributed by atoms with E-state index in [4.69, 9.17) is 15.2 Å². The van der Waals surface area contributed by atoms with Crippen molar-refractivity contribution in [1.29, 1.82) is 0 Å². The van der Waals surface area contributed by atoms with Gasteiger partial charge in [0.05, 0.1) is 25.1 Å². The van der Waals surface area contributed by atoms with E-state index in [2.05, 4.69) is 0 Å². The van der Waals surface area contributed by atoms with Crippen molar-refractivity contribution in [1.82, 2.24) is 4.90 Å². The summed E-state index contributed by atoms with van der Waals surface area (Å²) in [5, 5.41) is -0.123. The number of carbonyl (C=O) groups is 2. The highest BCUT2D eigenvalue weighted by Gasteiger charge is 2.23. The summed E-state index contributed by atoms with van der Waals surface area (Å²) in [4.78, 5) is 25.3. The summed E-state index contributed by atoms with van der Waals surface area (Å²) in [6, 6.07) is -0.604.